The fraction of sp³-hybridized carbons (Fsp3) is 0.545. The first-order valence-electron chi connectivity index (χ1n) is 5.57. The molecular formula is C11H15N3O2. The van der Waals surface area contributed by atoms with E-state index in [1.165, 1.54) is 25.4 Å². The monoisotopic (exact) mass is 221 g/mol. The first-order chi connectivity index (χ1) is 7.79. The van der Waals surface area contributed by atoms with E-state index in [4.69, 9.17) is 5.11 Å². The topological polar surface area (TPSA) is 66.3 Å². The normalized spacial score (nSPS) is 16.9. The maximum atomic E-state index is 11.0. The van der Waals surface area contributed by atoms with Crippen LogP contribution in [0.4, 0.5) is 5.82 Å². The second-order valence-electron chi connectivity index (χ2n) is 3.97. The van der Waals surface area contributed by atoms with E-state index in [2.05, 4.69) is 14.9 Å². The number of carboxylic acids is 1. The smallest absolute Gasteiger partial charge is 0.341 e. The quantitative estimate of drug-likeness (QED) is 0.820. The lowest BCUT2D eigenvalue weighted by molar-refractivity contribution is 0.0696. The molecule has 1 fully saturated rings. The van der Waals surface area contributed by atoms with Crippen molar-refractivity contribution in [2.45, 2.75) is 25.7 Å². The van der Waals surface area contributed by atoms with Gasteiger partial charge in [0.2, 0.25) is 0 Å². The van der Waals surface area contributed by atoms with Crippen LogP contribution in [0, 0.1) is 0 Å². The van der Waals surface area contributed by atoms with E-state index in [1.54, 1.807) is 0 Å². The number of aromatic nitrogens is 2. The van der Waals surface area contributed by atoms with Gasteiger partial charge < -0.3 is 10.0 Å². The molecule has 16 heavy (non-hydrogen) atoms. The van der Waals surface area contributed by atoms with Crippen LogP contribution in [0.25, 0.3) is 0 Å². The SMILES string of the molecule is O=C(O)c1cncnc1N1CCCCCC1. The third-order valence-electron chi connectivity index (χ3n) is 2.83. The molecule has 0 bridgehead atoms. The Hall–Kier alpha value is -1.65. The van der Waals surface area contributed by atoms with E-state index in [9.17, 15) is 4.79 Å². The molecule has 2 rings (SSSR count). The van der Waals surface area contributed by atoms with Crippen LogP contribution < -0.4 is 4.90 Å². The minimum absolute atomic E-state index is 0.199. The van der Waals surface area contributed by atoms with Gasteiger partial charge in [0.05, 0.1) is 0 Å². The van der Waals surface area contributed by atoms with Crippen molar-refractivity contribution >= 4 is 11.8 Å². The van der Waals surface area contributed by atoms with Gasteiger partial charge in [0.1, 0.15) is 17.7 Å². The summed E-state index contributed by atoms with van der Waals surface area (Å²) in [4.78, 5) is 21.0. The molecule has 1 saturated heterocycles. The third-order valence-corrected chi connectivity index (χ3v) is 2.83. The van der Waals surface area contributed by atoms with Gasteiger partial charge in [-0.2, -0.15) is 0 Å². The molecule has 0 amide bonds. The molecule has 0 aliphatic carbocycles. The van der Waals surface area contributed by atoms with Crippen LogP contribution in [-0.2, 0) is 0 Å². The molecular weight excluding hydrogens is 206 g/mol. The highest BCUT2D eigenvalue weighted by Gasteiger charge is 2.18. The summed E-state index contributed by atoms with van der Waals surface area (Å²) in [5.41, 5.74) is 0.199. The highest BCUT2D eigenvalue weighted by Crippen LogP contribution is 2.20. The number of hydrogen-bond acceptors (Lipinski definition) is 4. The molecule has 5 heteroatoms. The molecule has 1 N–H and O–H groups in total. The third kappa shape index (κ3) is 2.29. The number of anilines is 1. The Balaban J connectivity index is 2.27. The molecule has 1 aromatic heterocycles. The van der Waals surface area contributed by atoms with Gasteiger partial charge in [0.25, 0.3) is 0 Å². The molecule has 1 aliphatic heterocycles. The summed E-state index contributed by atoms with van der Waals surface area (Å²) in [5.74, 6) is -0.399. The van der Waals surface area contributed by atoms with Crippen molar-refractivity contribution in [1.82, 2.24) is 9.97 Å². The number of hydrogen-bond donors (Lipinski definition) is 1. The maximum absolute atomic E-state index is 11.0. The Morgan fingerprint density at radius 2 is 1.94 bits per heavy atom. The molecule has 0 unspecified atom stereocenters. The zero-order chi connectivity index (χ0) is 11.4. The van der Waals surface area contributed by atoms with Crippen LogP contribution in [0.2, 0.25) is 0 Å². The predicted octanol–water partition coefficient (Wildman–Crippen LogP) is 1.56. The summed E-state index contributed by atoms with van der Waals surface area (Å²) in [6, 6.07) is 0. The van der Waals surface area contributed by atoms with Gasteiger partial charge >= 0.3 is 5.97 Å². The molecule has 5 nitrogen and oxygen atoms in total. The number of carboxylic acid groups (broad SMARTS) is 1. The average Bonchev–Trinajstić information content (AvgIpc) is 2.57. The Kier molecular flexibility index (Phi) is 3.34. The van der Waals surface area contributed by atoms with Gasteiger partial charge in [-0.1, -0.05) is 12.8 Å². The summed E-state index contributed by atoms with van der Waals surface area (Å²) in [7, 11) is 0. The van der Waals surface area contributed by atoms with Gasteiger partial charge in [-0.3, -0.25) is 0 Å². The maximum Gasteiger partial charge on any atom is 0.341 e. The van der Waals surface area contributed by atoms with Crippen molar-refractivity contribution in [1.29, 1.82) is 0 Å². The highest BCUT2D eigenvalue weighted by atomic mass is 16.4. The lowest BCUT2D eigenvalue weighted by Gasteiger charge is -2.22. The van der Waals surface area contributed by atoms with Crippen LogP contribution in [0.3, 0.4) is 0 Å². The van der Waals surface area contributed by atoms with E-state index in [0.717, 1.165) is 25.9 Å². The van der Waals surface area contributed by atoms with E-state index < -0.39 is 5.97 Å². The Morgan fingerprint density at radius 1 is 1.25 bits per heavy atom. The molecule has 0 saturated carbocycles. The number of aromatic carboxylic acids is 1. The van der Waals surface area contributed by atoms with E-state index in [-0.39, 0.29) is 5.56 Å². The average molecular weight is 221 g/mol. The van der Waals surface area contributed by atoms with Gasteiger partial charge in [-0.05, 0) is 12.8 Å². The predicted molar refractivity (Wildman–Crippen MR) is 59.7 cm³/mol. The molecule has 1 aromatic rings. The van der Waals surface area contributed by atoms with Gasteiger partial charge in [-0.25, -0.2) is 14.8 Å². The molecule has 0 aromatic carbocycles. The van der Waals surface area contributed by atoms with Gasteiger partial charge in [-0.15, -0.1) is 0 Å². The second-order valence-corrected chi connectivity index (χ2v) is 3.97. The molecule has 1 aliphatic rings. The fourth-order valence-corrected chi connectivity index (χ4v) is 2.01. The van der Waals surface area contributed by atoms with E-state index >= 15 is 0 Å². The first-order valence-corrected chi connectivity index (χ1v) is 5.57. The van der Waals surface area contributed by atoms with Crippen molar-refractivity contribution < 1.29 is 9.90 Å². The lowest BCUT2D eigenvalue weighted by atomic mass is 10.2. The molecule has 0 atom stereocenters. The Labute approximate surface area is 94.1 Å². The number of nitrogens with zero attached hydrogens (tertiary/aromatic N) is 3. The van der Waals surface area contributed by atoms with Crippen molar-refractivity contribution in [2.24, 2.45) is 0 Å². The van der Waals surface area contributed by atoms with Crippen LogP contribution >= 0.6 is 0 Å². The molecule has 0 radical (unpaired) electrons. The highest BCUT2D eigenvalue weighted by molar-refractivity contribution is 5.92. The first kappa shape index (κ1) is 10.9. The summed E-state index contributed by atoms with van der Waals surface area (Å²) >= 11 is 0. The van der Waals surface area contributed by atoms with Gasteiger partial charge in [0, 0.05) is 19.3 Å². The Morgan fingerprint density at radius 3 is 2.56 bits per heavy atom. The summed E-state index contributed by atoms with van der Waals surface area (Å²) in [6.45, 7) is 1.77. The number of rotatable bonds is 2. The van der Waals surface area contributed by atoms with Crippen LogP contribution in [0.1, 0.15) is 36.0 Å². The van der Waals surface area contributed by atoms with Gasteiger partial charge in [0.15, 0.2) is 0 Å². The second kappa shape index (κ2) is 4.92. The lowest BCUT2D eigenvalue weighted by Crippen LogP contribution is -2.27. The standard InChI is InChI=1S/C11H15N3O2/c15-11(16)9-7-12-8-13-10(9)14-5-3-1-2-4-6-14/h7-8H,1-6H2,(H,15,16). The van der Waals surface area contributed by atoms with Crippen molar-refractivity contribution in [3.63, 3.8) is 0 Å². The fourth-order valence-electron chi connectivity index (χ4n) is 2.01. The summed E-state index contributed by atoms with van der Waals surface area (Å²) < 4.78 is 0. The Bertz CT molecular complexity index is 373. The van der Waals surface area contributed by atoms with Crippen molar-refractivity contribution in [2.75, 3.05) is 18.0 Å². The number of carbonyl (C=O) groups is 1. The molecule has 86 valence electrons. The van der Waals surface area contributed by atoms with Crippen molar-refractivity contribution in [3.05, 3.63) is 18.1 Å². The van der Waals surface area contributed by atoms with Crippen LogP contribution in [0.15, 0.2) is 12.5 Å². The largest absolute Gasteiger partial charge is 0.477 e. The van der Waals surface area contributed by atoms with E-state index in [0.29, 0.717) is 5.82 Å². The zero-order valence-corrected chi connectivity index (χ0v) is 9.09. The zero-order valence-electron chi connectivity index (χ0n) is 9.09. The minimum atomic E-state index is -0.958. The summed E-state index contributed by atoms with van der Waals surface area (Å²) in [5, 5.41) is 9.06. The minimum Gasteiger partial charge on any atom is -0.477 e. The molecule has 0 spiro atoms. The summed E-state index contributed by atoms with van der Waals surface area (Å²) in [6.07, 6.45) is 7.41. The molecule has 2 heterocycles. The van der Waals surface area contributed by atoms with Crippen molar-refractivity contribution in [3.8, 4) is 0 Å². The van der Waals surface area contributed by atoms with Crippen LogP contribution in [0.5, 0.6) is 0 Å². The van der Waals surface area contributed by atoms with Crippen LogP contribution in [-0.4, -0.2) is 34.1 Å². The van der Waals surface area contributed by atoms with E-state index in [1.807, 2.05) is 0 Å².